The molecular formula is C14H9Cl2N3O. The van der Waals surface area contributed by atoms with Crippen LogP contribution in [0.5, 0.6) is 0 Å². The summed E-state index contributed by atoms with van der Waals surface area (Å²) in [6, 6.07) is 12.4. The van der Waals surface area contributed by atoms with Gasteiger partial charge >= 0.3 is 0 Å². The van der Waals surface area contributed by atoms with Crippen LogP contribution in [-0.2, 0) is 6.42 Å². The number of fused-ring (bicyclic) bond motifs is 1. The number of hydrogen-bond acceptors (Lipinski definition) is 3. The minimum atomic E-state index is -0.169. The molecule has 0 aliphatic carbocycles. The first-order chi connectivity index (χ1) is 9.65. The highest BCUT2D eigenvalue weighted by atomic mass is 35.5. The first kappa shape index (κ1) is 13.1. The van der Waals surface area contributed by atoms with Crippen molar-refractivity contribution in [3.63, 3.8) is 0 Å². The van der Waals surface area contributed by atoms with Crippen LogP contribution in [0, 0.1) is 0 Å². The number of carbonyl (C=O) groups is 1. The molecule has 0 saturated heterocycles. The molecule has 0 aliphatic rings. The molecule has 0 saturated carbocycles. The fourth-order valence-electron chi connectivity index (χ4n) is 1.95. The Morgan fingerprint density at radius 2 is 1.90 bits per heavy atom. The Morgan fingerprint density at radius 1 is 1.10 bits per heavy atom. The van der Waals surface area contributed by atoms with Crippen LogP contribution in [0.4, 0.5) is 0 Å². The zero-order valence-corrected chi connectivity index (χ0v) is 11.8. The molecule has 3 aromatic rings. The molecule has 1 heterocycles. The van der Waals surface area contributed by atoms with Crippen molar-refractivity contribution >= 4 is 40.1 Å². The standard InChI is InChI=1S/C14H9Cl2N3O/c15-10-6-5-9(7-11(10)16)8-14(20)19-13-4-2-1-3-12(13)17-18-19/h1-7H,8H2. The van der Waals surface area contributed by atoms with Gasteiger partial charge in [0.05, 0.1) is 22.0 Å². The van der Waals surface area contributed by atoms with Gasteiger partial charge in [0.15, 0.2) is 0 Å². The monoisotopic (exact) mass is 305 g/mol. The molecule has 0 radical (unpaired) electrons. The molecule has 1 aromatic heterocycles. The Hall–Kier alpha value is -1.91. The average Bonchev–Trinajstić information content (AvgIpc) is 2.87. The van der Waals surface area contributed by atoms with E-state index in [-0.39, 0.29) is 12.3 Å². The highest BCUT2D eigenvalue weighted by molar-refractivity contribution is 6.42. The molecule has 3 rings (SSSR count). The second-order valence-corrected chi connectivity index (χ2v) is 5.12. The van der Waals surface area contributed by atoms with Crippen molar-refractivity contribution in [2.24, 2.45) is 0 Å². The topological polar surface area (TPSA) is 47.8 Å². The molecule has 2 aromatic carbocycles. The molecule has 0 spiro atoms. The first-order valence-electron chi connectivity index (χ1n) is 5.93. The highest BCUT2D eigenvalue weighted by Crippen LogP contribution is 2.23. The molecule has 20 heavy (non-hydrogen) atoms. The highest BCUT2D eigenvalue weighted by Gasteiger charge is 2.12. The van der Waals surface area contributed by atoms with Gasteiger partial charge in [-0.3, -0.25) is 4.79 Å². The van der Waals surface area contributed by atoms with E-state index in [9.17, 15) is 4.79 Å². The lowest BCUT2D eigenvalue weighted by Crippen LogP contribution is -2.15. The van der Waals surface area contributed by atoms with Crippen LogP contribution in [0.15, 0.2) is 42.5 Å². The van der Waals surface area contributed by atoms with Gasteiger partial charge in [-0.15, -0.1) is 5.10 Å². The van der Waals surface area contributed by atoms with Crippen molar-refractivity contribution < 1.29 is 4.79 Å². The summed E-state index contributed by atoms with van der Waals surface area (Å²) in [5.41, 5.74) is 2.16. The molecule has 0 N–H and O–H groups in total. The van der Waals surface area contributed by atoms with E-state index in [0.717, 1.165) is 5.56 Å². The Kier molecular flexibility index (Phi) is 3.42. The van der Waals surface area contributed by atoms with Crippen molar-refractivity contribution in [3.05, 3.63) is 58.1 Å². The molecule has 0 atom stereocenters. The van der Waals surface area contributed by atoms with Gasteiger partial charge in [-0.25, -0.2) is 0 Å². The first-order valence-corrected chi connectivity index (χ1v) is 6.68. The molecule has 0 bridgehead atoms. The summed E-state index contributed by atoms with van der Waals surface area (Å²) in [7, 11) is 0. The van der Waals surface area contributed by atoms with Crippen LogP contribution in [0.1, 0.15) is 10.4 Å². The number of carbonyl (C=O) groups excluding carboxylic acids is 1. The summed E-state index contributed by atoms with van der Waals surface area (Å²) in [4.78, 5) is 12.3. The molecule has 0 aliphatic heterocycles. The summed E-state index contributed by atoms with van der Waals surface area (Å²) >= 11 is 11.8. The lowest BCUT2D eigenvalue weighted by atomic mass is 10.1. The van der Waals surface area contributed by atoms with Crippen LogP contribution in [0.2, 0.25) is 10.0 Å². The number of aromatic nitrogens is 3. The Bertz CT molecular complexity index is 798. The average molecular weight is 306 g/mol. The van der Waals surface area contributed by atoms with Gasteiger partial charge in [-0.1, -0.05) is 46.6 Å². The molecule has 6 heteroatoms. The zero-order chi connectivity index (χ0) is 14.1. The quantitative estimate of drug-likeness (QED) is 0.726. The molecular weight excluding hydrogens is 297 g/mol. The lowest BCUT2D eigenvalue weighted by molar-refractivity contribution is 0.0901. The summed E-state index contributed by atoms with van der Waals surface area (Å²) in [5, 5.41) is 8.75. The van der Waals surface area contributed by atoms with Crippen molar-refractivity contribution in [2.75, 3.05) is 0 Å². The summed E-state index contributed by atoms with van der Waals surface area (Å²) in [6.07, 6.45) is 0.185. The number of nitrogens with zero attached hydrogens (tertiary/aromatic N) is 3. The largest absolute Gasteiger partial charge is 0.272 e. The Balaban J connectivity index is 1.91. The fraction of sp³-hybridized carbons (Fsp3) is 0.0714. The fourth-order valence-corrected chi connectivity index (χ4v) is 2.27. The third-order valence-corrected chi connectivity index (χ3v) is 3.67. The van der Waals surface area contributed by atoms with Gasteiger partial charge in [0.1, 0.15) is 5.52 Å². The smallest absolute Gasteiger partial charge is 0.253 e. The SMILES string of the molecule is O=C(Cc1ccc(Cl)c(Cl)c1)n1nnc2ccccc21. The third kappa shape index (κ3) is 2.40. The predicted octanol–water partition coefficient (Wildman–Crippen LogP) is 3.62. The molecule has 0 unspecified atom stereocenters. The molecule has 0 amide bonds. The maximum atomic E-state index is 12.3. The second kappa shape index (κ2) is 5.23. The van der Waals surface area contributed by atoms with Gasteiger partial charge < -0.3 is 0 Å². The maximum absolute atomic E-state index is 12.3. The maximum Gasteiger partial charge on any atom is 0.253 e. The number of rotatable bonds is 2. The Labute approximate surface area is 124 Å². The lowest BCUT2D eigenvalue weighted by Gasteiger charge is -2.03. The number of hydrogen-bond donors (Lipinski definition) is 0. The number of para-hydroxylation sites is 1. The van der Waals surface area contributed by atoms with Crippen LogP contribution < -0.4 is 0 Å². The molecule has 100 valence electrons. The van der Waals surface area contributed by atoms with Crippen molar-refractivity contribution in [1.82, 2.24) is 15.0 Å². The predicted molar refractivity (Wildman–Crippen MR) is 78.3 cm³/mol. The van der Waals surface area contributed by atoms with Gasteiger partial charge in [-0.05, 0) is 29.8 Å². The van der Waals surface area contributed by atoms with Gasteiger partial charge in [0.2, 0.25) is 0 Å². The summed E-state index contributed by atoms with van der Waals surface area (Å²) in [6.45, 7) is 0. The minimum absolute atomic E-state index is 0.169. The van der Waals surface area contributed by atoms with Gasteiger partial charge in [0.25, 0.3) is 5.91 Å². The van der Waals surface area contributed by atoms with E-state index < -0.39 is 0 Å². The van der Waals surface area contributed by atoms with E-state index in [1.165, 1.54) is 4.68 Å². The minimum Gasteiger partial charge on any atom is -0.272 e. The molecule has 4 nitrogen and oxygen atoms in total. The zero-order valence-electron chi connectivity index (χ0n) is 10.3. The van der Waals surface area contributed by atoms with E-state index in [4.69, 9.17) is 23.2 Å². The Morgan fingerprint density at radius 3 is 2.70 bits per heavy atom. The van der Waals surface area contributed by atoms with E-state index in [1.54, 1.807) is 18.2 Å². The normalized spacial score (nSPS) is 10.9. The van der Waals surface area contributed by atoms with Crippen LogP contribution in [0.25, 0.3) is 11.0 Å². The number of benzene rings is 2. The second-order valence-electron chi connectivity index (χ2n) is 4.31. The van der Waals surface area contributed by atoms with E-state index >= 15 is 0 Å². The summed E-state index contributed by atoms with van der Waals surface area (Å²) in [5.74, 6) is -0.169. The summed E-state index contributed by atoms with van der Waals surface area (Å²) < 4.78 is 1.30. The van der Waals surface area contributed by atoms with Crippen molar-refractivity contribution in [1.29, 1.82) is 0 Å². The van der Waals surface area contributed by atoms with Gasteiger partial charge in [-0.2, -0.15) is 4.68 Å². The van der Waals surface area contributed by atoms with Crippen LogP contribution in [0.3, 0.4) is 0 Å². The third-order valence-electron chi connectivity index (χ3n) is 2.93. The van der Waals surface area contributed by atoms with Crippen LogP contribution in [-0.4, -0.2) is 20.9 Å². The van der Waals surface area contributed by atoms with E-state index in [2.05, 4.69) is 10.3 Å². The number of halogens is 2. The van der Waals surface area contributed by atoms with E-state index in [1.807, 2.05) is 24.3 Å². The van der Waals surface area contributed by atoms with Crippen LogP contribution >= 0.6 is 23.2 Å². The van der Waals surface area contributed by atoms with Gasteiger partial charge in [0, 0.05) is 0 Å². The van der Waals surface area contributed by atoms with Crippen molar-refractivity contribution in [3.8, 4) is 0 Å². The van der Waals surface area contributed by atoms with E-state index in [0.29, 0.717) is 21.1 Å². The molecule has 0 fully saturated rings. The van der Waals surface area contributed by atoms with Crippen molar-refractivity contribution in [2.45, 2.75) is 6.42 Å².